The van der Waals surface area contributed by atoms with Crippen molar-refractivity contribution in [3.63, 3.8) is 0 Å². The predicted molar refractivity (Wildman–Crippen MR) is 79.5 cm³/mol. The third-order valence-corrected chi connectivity index (χ3v) is 3.90. The van der Waals surface area contributed by atoms with Crippen LogP contribution in [0.3, 0.4) is 0 Å². The summed E-state index contributed by atoms with van der Waals surface area (Å²) in [5, 5.41) is 3.06. The zero-order valence-electron chi connectivity index (χ0n) is 12.6. The van der Waals surface area contributed by atoms with Gasteiger partial charge in [-0.3, -0.25) is 9.78 Å². The minimum absolute atomic E-state index is 0.0238. The Morgan fingerprint density at radius 1 is 1.55 bits per heavy atom. The molecule has 0 aromatic carbocycles. The first-order valence-electron chi connectivity index (χ1n) is 7.48. The molecule has 1 saturated heterocycles. The number of carbonyl (C=O) groups excluding carboxylic acids is 1. The van der Waals surface area contributed by atoms with E-state index in [2.05, 4.69) is 31.1 Å². The van der Waals surface area contributed by atoms with E-state index in [9.17, 15) is 4.79 Å². The minimum atomic E-state index is -0.0541. The van der Waals surface area contributed by atoms with E-state index >= 15 is 0 Å². The highest BCUT2D eigenvalue weighted by Crippen LogP contribution is 2.28. The molecule has 4 nitrogen and oxygen atoms in total. The van der Waals surface area contributed by atoms with Crippen molar-refractivity contribution in [3.8, 4) is 0 Å². The maximum atomic E-state index is 12.5. The Morgan fingerprint density at radius 3 is 3.05 bits per heavy atom. The highest BCUT2D eigenvalue weighted by Gasteiger charge is 2.34. The molecule has 1 fully saturated rings. The summed E-state index contributed by atoms with van der Waals surface area (Å²) in [6.07, 6.45) is 6.27. The second-order valence-corrected chi connectivity index (χ2v) is 5.70. The third-order valence-electron chi connectivity index (χ3n) is 3.90. The maximum Gasteiger partial charge on any atom is 0.230 e. The molecule has 110 valence electrons. The Balaban J connectivity index is 2.10. The van der Waals surface area contributed by atoms with Crippen molar-refractivity contribution in [2.75, 3.05) is 11.9 Å². The summed E-state index contributed by atoms with van der Waals surface area (Å²) >= 11 is 0. The van der Waals surface area contributed by atoms with Crippen LogP contribution in [-0.2, 0) is 16.0 Å². The van der Waals surface area contributed by atoms with E-state index in [0.29, 0.717) is 5.92 Å². The smallest absolute Gasteiger partial charge is 0.230 e. The number of nitrogens with zero attached hydrogens (tertiary/aromatic N) is 1. The molecule has 20 heavy (non-hydrogen) atoms. The lowest BCUT2D eigenvalue weighted by atomic mass is 9.86. The van der Waals surface area contributed by atoms with Crippen LogP contribution >= 0.6 is 0 Å². The molecule has 2 heterocycles. The largest absolute Gasteiger partial charge is 0.377 e. The van der Waals surface area contributed by atoms with E-state index in [1.165, 1.54) is 0 Å². The second kappa shape index (κ2) is 6.84. The Kier molecular flexibility index (Phi) is 5.12. The highest BCUT2D eigenvalue weighted by atomic mass is 16.5. The van der Waals surface area contributed by atoms with E-state index in [0.717, 1.165) is 37.1 Å². The van der Waals surface area contributed by atoms with Crippen LogP contribution in [0.2, 0.25) is 0 Å². The normalized spacial score (nSPS) is 22.8. The number of amides is 1. The molecule has 2 atom stereocenters. The van der Waals surface area contributed by atoms with Gasteiger partial charge in [0.2, 0.25) is 5.91 Å². The van der Waals surface area contributed by atoms with Gasteiger partial charge in [0, 0.05) is 24.7 Å². The summed E-state index contributed by atoms with van der Waals surface area (Å²) < 4.78 is 5.79. The quantitative estimate of drug-likeness (QED) is 0.919. The molecule has 0 saturated carbocycles. The molecule has 1 amide bonds. The summed E-state index contributed by atoms with van der Waals surface area (Å²) in [7, 11) is 0. The fourth-order valence-electron chi connectivity index (χ4n) is 2.80. The minimum Gasteiger partial charge on any atom is -0.377 e. The Labute approximate surface area is 120 Å². The van der Waals surface area contributed by atoms with Gasteiger partial charge >= 0.3 is 0 Å². The summed E-state index contributed by atoms with van der Waals surface area (Å²) in [6, 6.07) is 1.87. The SMILES string of the molecule is CCc1cnccc1NC(=O)[C@H]1CCCO[C@@H]1C(C)C. The first-order valence-corrected chi connectivity index (χ1v) is 7.48. The van der Waals surface area contributed by atoms with E-state index in [-0.39, 0.29) is 17.9 Å². The summed E-state index contributed by atoms with van der Waals surface area (Å²) in [4.78, 5) is 16.6. The van der Waals surface area contributed by atoms with Gasteiger partial charge in [-0.05, 0) is 36.8 Å². The molecule has 0 spiro atoms. The predicted octanol–water partition coefficient (Wildman–Crippen LogP) is 3.03. The second-order valence-electron chi connectivity index (χ2n) is 5.70. The van der Waals surface area contributed by atoms with Crippen LogP contribution in [0.4, 0.5) is 5.69 Å². The van der Waals surface area contributed by atoms with Crippen molar-refractivity contribution >= 4 is 11.6 Å². The van der Waals surface area contributed by atoms with Gasteiger partial charge in [-0.15, -0.1) is 0 Å². The van der Waals surface area contributed by atoms with Gasteiger partial charge in [-0.2, -0.15) is 0 Å². The molecule has 0 bridgehead atoms. The van der Waals surface area contributed by atoms with Crippen LogP contribution in [0.15, 0.2) is 18.5 Å². The molecule has 1 aromatic heterocycles. The topological polar surface area (TPSA) is 51.2 Å². The van der Waals surface area contributed by atoms with E-state index < -0.39 is 0 Å². The van der Waals surface area contributed by atoms with Gasteiger partial charge in [-0.25, -0.2) is 0 Å². The van der Waals surface area contributed by atoms with Crippen molar-refractivity contribution in [3.05, 3.63) is 24.0 Å². The summed E-state index contributed by atoms with van der Waals surface area (Å²) in [5.74, 6) is 0.375. The zero-order chi connectivity index (χ0) is 14.5. The fourth-order valence-corrected chi connectivity index (χ4v) is 2.80. The van der Waals surface area contributed by atoms with Crippen molar-refractivity contribution in [1.82, 2.24) is 4.98 Å². The molecular weight excluding hydrogens is 252 g/mol. The number of nitrogens with one attached hydrogen (secondary N) is 1. The number of aryl methyl sites for hydroxylation is 1. The third kappa shape index (κ3) is 3.37. The van der Waals surface area contributed by atoms with Gasteiger partial charge < -0.3 is 10.1 Å². The number of aromatic nitrogens is 1. The van der Waals surface area contributed by atoms with Crippen LogP contribution < -0.4 is 5.32 Å². The van der Waals surface area contributed by atoms with Crippen LogP contribution in [0.25, 0.3) is 0 Å². The number of anilines is 1. The Hall–Kier alpha value is -1.42. The lowest BCUT2D eigenvalue weighted by molar-refractivity contribution is -0.131. The first kappa shape index (κ1) is 15.0. The standard InChI is InChI=1S/C16H24N2O2/c1-4-12-10-17-8-7-14(12)18-16(19)13-6-5-9-20-15(13)11(2)3/h7-8,10-11,13,15H,4-6,9H2,1-3H3,(H,17,18,19)/t13-,15+/m0/s1. The number of carbonyl (C=O) groups is 1. The Morgan fingerprint density at radius 2 is 2.35 bits per heavy atom. The van der Waals surface area contributed by atoms with Crippen molar-refractivity contribution in [1.29, 1.82) is 0 Å². The average Bonchev–Trinajstić information content (AvgIpc) is 2.47. The van der Waals surface area contributed by atoms with Gasteiger partial charge in [0.25, 0.3) is 0 Å². The number of rotatable bonds is 4. The summed E-state index contributed by atoms with van der Waals surface area (Å²) in [5.41, 5.74) is 1.94. The van der Waals surface area contributed by atoms with Crippen LogP contribution in [0, 0.1) is 11.8 Å². The number of hydrogen-bond acceptors (Lipinski definition) is 3. The van der Waals surface area contributed by atoms with Crippen molar-refractivity contribution < 1.29 is 9.53 Å². The first-order chi connectivity index (χ1) is 9.63. The maximum absolute atomic E-state index is 12.5. The number of pyridine rings is 1. The van der Waals surface area contributed by atoms with Crippen LogP contribution in [0.5, 0.6) is 0 Å². The van der Waals surface area contributed by atoms with Gasteiger partial charge in [0.15, 0.2) is 0 Å². The molecule has 0 aliphatic carbocycles. The van der Waals surface area contributed by atoms with E-state index in [1.807, 2.05) is 12.3 Å². The van der Waals surface area contributed by atoms with E-state index in [1.54, 1.807) is 6.20 Å². The van der Waals surface area contributed by atoms with Crippen molar-refractivity contribution in [2.24, 2.45) is 11.8 Å². The average molecular weight is 276 g/mol. The molecule has 1 aliphatic rings. The molecular formula is C16H24N2O2. The lowest BCUT2D eigenvalue weighted by Crippen LogP contribution is -2.41. The molecule has 2 rings (SSSR count). The van der Waals surface area contributed by atoms with Gasteiger partial charge in [0.1, 0.15) is 0 Å². The lowest BCUT2D eigenvalue weighted by Gasteiger charge is -2.33. The van der Waals surface area contributed by atoms with Gasteiger partial charge in [-0.1, -0.05) is 20.8 Å². The van der Waals surface area contributed by atoms with Gasteiger partial charge in [0.05, 0.1) is 12.0 Å². The van der Waals surface area contributed by atoms with Crippen LogP contribution in [0.1, 0.15) is 39.2 Å². The van der Waals surface area contributed by atoms with Crippen LogP contribution in [-0.4, -0.2) is 23.6 Å². The van der Waals surface area contributed by atoms with E-state index in [4.69, 9.17) is 4.74 Å². The fraction of sp³-hybridized carbons (Fsp3) is 0.625. The molecule has 0 unspecified atom stereocenters. The molecule has 1 aliphatic heterocycles. The highest BCUT2D eigenvalue weighted by molar-refractivity contribution is 5.93. The molecule has 4 heteroatoms. The molecule has 1 N–H and O–H groups in total. The molecule has 1 aromatic rings. The number of ether oxygens (including phenoxy) is 1. The van der Waals surface area contributed by atoms with Crippen molar-refractivity contribution in [2.45, 2.75) is 46.1 Å². The Bertz CT molecular complexity index is 460. The number of hydrogen-bond donors (Lipinski definition) is 1. The summed E-state index contributed by atoms with van der Waals surface area (Å²) in [6.45, 7) is 7.05. The molecule has 0 radical (unpaired) electrons. The zero-order valence-corrected chi connectivity index (χ0v) is 12.6. The monoisotopic (exact) mass is 276 g/mol.